The Morgan fingerprint density at radius 1 is 0.640 bits per heavy atom. The van der Waals surface area contributed by atoms with Crippen LogP contribution in [0.2, 0.25) is 10.0 Å². The topological polar surface area (TPSA) is 102 Å². The number of nitrogens with one attached hydrogen (secondary N) is 2. The fourth-order valence-electron chi connectivity index (χ4n) is 5.08. The highest BCUT2D eigenvalue weighted by Crippen LogP contribution is 2.33. The number of hydrogen-bond acceptors (Lipinski definition) is 6. The summed E-state index contributed by atoms with van der Waals surface area (Å²) in [6, 6.07) is 33.3. The predicted octanol–water partition coefficient (Wildman–Crippen LogP) is 8.93. The Labute approximate surface area is 301 Å². The Bertz CT molecular complexity index is 2060. The van der Waals surface area contributed by atoms with Gasteiger partial charge in [-0.3, -0.25) is 19.6 Å². The molecule has 8 nitrogen and oxygen atoms in total. The first kappa shape index (κ1) is 35.6. The van der Waals surface area contributed by atoms with Crippen LogP contribution in [0.3, 0.4) is 0 Å². The van der Waals surface area contributed by atoms with Crippen molar-refractivity contribution in [1.82, 2.24) is 15.3 Å². The lowest BCUT2D eigenvalue weighted by Crippen LogP contribution is -2.23. The number of nitrogens with zero attached hydrogens (tertiary/aromatic N) is 2. The first-order valence-electron chi connectivity index (χ1n) is 15.6. The van der Waals surface area contributed by atoms with Crippen LogP contribution in [0.25, 0.3) is 22.3 Å². The van der Waals surface area contributed by atoms with E-state index in [1.165, 1.54) is 0 Å². The second-order valence-corrected chi connectivity index (χ2v) is 11.7. The van der Waals surface area contributed by atoms with Crippen LogP contribution < -0.4 is 20.1 Å². The van der Waals surface area contributed by atoms with Crippen molar-refractivity contribution >= 4 is 40.7 Å². The van der Waals surface area contributed by atoms with Gasteiger partial charge in [0, 0.05) is 69.8 Å². The quantitative estimate of drug-likeness (QED) is 0.148. The van der Waals surface area contributed by atoms with E-state index in [1.807, 2.05) is 78.9 Å². The Kier molecular flexibility index (Phi) is 12.6. The zero-order valence-corrected chi connectivity index (χ0v) is 28.9. The van der Waals surface area contributed by atoms with Crippen molar-refractivity contribution in [2.75, 3.05) is 19.5 Å². The molecule has 4 aromatic carbocycles. The Hall–Kier alpha value is -5.70. The van der Waals surface area contributed by atoms with Crippen LogP contribution in [0.1, 0.15) is 21.5 Å². The maximum Gasteiger partial charge on any atom is 0.251 e. The van der Waals surface area contributed by atoms with E-state index in [9.17, 15) is 9.59 Å². The molecule has 0 bridgehead atoms. The van der Waals surface area contributed by atoms with E-state index in [2.05, 4.69) is 20.6 Å². The zero-order chi connectivity index (χ0) is 35.3. The Morgan fingerprint density at radius 3 is 1.72 bits per heavy atom. The highest BCUT2D eigenvalue weighted by atomic mass is 35.5. The smallest absolute Gasteiger partial charge is 0.251 e. The molecule has 0 spiro atoms. The SMILES string of the molecule is COc1cc(C(=O)NCc2ccccc2Cl)ccc1-c1ccncc1.COc1cc(NC(=O)Cc2ccccc2Cl)ccc1-c1ccncc1. The van der Waals surface area contributed by atoms with Gasteiger partial charge >= 0.3 is 0 Å². The van der Waals surface area contributed by atoms with Gasteiger partial charge in [-0.05, 0) is 89.0 Å². The van der Waals surface area contributed by atoms with Crippen molar-refractivity contribution < 1.29 is 19.1 Å². The normalized spacial score (nSPS) is 10.3. The van der Waals surface area contributed by atoms with E-state index in [-0.39, 0.29) is 18.2 Å². The summed E-state index contributed by atoms with van der Waals surface area (Å²) in [5, 5.41) is 6.98. The van der Waals surface area contributed by atoms with Crippen molar-refractivity contribution in [3.63, 3.8) is 0 Å². The monoisotopic (exact) mass is 704 g/mol. The number of pyridine rings is 2. The lowest BCUT2D eigenvalue weighted by molar-refractivity contribution is -0.115. The summed E-state index contributed by atoms with van der Waals surface area (Å²) in [4.78, 5) is 32.7. The van der Waals surface area contributed by atoms with E-state index < -0.39 is 0 Å². The van der Waals surface area contributed by atoms with E-state index in [1.54, 1.807) is 69.3 Å². The number of carbonyl (C=O) groups is 2. The number of halogens is 2. The number of amides is 2. The average Bonchev–Trinajstić information content (AvgIpc) is 3.16. The van der Waals surface area contributed by atoms with Gasteiger partial charge in [0.1, 0.15) is 11.5 Å². The molecule has 252 valence electrons. The average molecular weight is 706 g/mol. The summed E-state index contributed by atoms with van der Waals surface area (Å²) < 4.78 is 10.9. The number of ether oxygens (including phenoxy) is 2. The number of hydrogen-bond donors (Lipinski definition) is 2. The first-order valence-corrected chi connectivity index (χ1v) is 16.3. The fourth-order valence-corrected chi connectivity index (χ4v) is 5.49. The van der Waals surface area contributed by atoms with Crippen LogP contribution in [0.15, 0.2) is 134 Å². The summed E-state index contributed by atoms with van der Waals surface area (Å²) >= 11 is 12.2. The molecule has 0 aliphatic heterocycles. The minimum atomic E-state index is -0.181. The van der Waals surface area contributed by atoms with Gasteiger partial charge in [0.2, 0.25) is 5.91 Å². The van der Waals surface area contributed by atoms with Crippen molar-refractivity contribution in [2.45, 2.75) is 13.0 Å². The second-order valence-electron chi connectivity index (χ2n) is 10.9. The molecule has 0 aliphatic carbocycles. The van der Waals surface area contributed by atoms with Gasteiger partial charge in [0.25, 0.3) is 5.91 Å². The number of carbonyl (C=O) groups excluding carboxylic acids is 2. The molecule has 10 heteroatoms. The number of anilines is 1. The highest BCUT2D eigenvalue weighted by Gasteiger charge is 2.13. The van der Waals surface area contributed by atoms with Crippen LogP contribution in [-0.4, -0.2) is 36.0 Å². The summed E-state index contributed by atoms with van der Waals surface area (Å²) in [6.07, 6.45) is 7.12. The molecule has 2 heterocycles. The largest absolute Gasteiger partial charge is 0.496 e. The summed E-state index contributed by atoms with van der Waals surface area (Å²) in [5.41, 5.74) is 6.70. The van der Waals surface area contributed by atoms with Crippen LogP contribution in [-0.2, 0) is 17.8 Å². The lowest BCUT2D eigenvalue weighted by atomic mass is 10.0. The molecule has 0 aliphatic rings. The molecule has 0 fully saturated rings. The third kappa shape index (κ3) is 9.47. The van der Waals surface area contributed by atoms with Crippen molar-refractivity contribution in [3.05, 3.63) is 161 Å². The van der Waals surface area contributed by atoms with Crippen LogP contribution in [0, 0.1) is 0 Å². The number of benzene rings is 4. The Balaban J connectivity index is 0.000000194. The highest BCUT2D eigenvalue weighted by molar-refractivity contribution is 6.31. The molecular formula is C40H34Cl2N4O4. The van der Waals surface area contributed by atoms with Gasteiger partial charge in [-0.25, -0.2) is 0 Å². The molecule has 0 unspecified atom stereocenters. The molecule has 2 N–H and O–H groups in total. The summed E-state index contributed by atoms with van der Waals surface area (Å²) in [7, 11) is 3.20. The molecule has 50 heavy (non-hydrogen) atoms. The first-order chi connectivity index (χ1) is 24.4. The van der Waals surface area contributed by atoms with Gasteiger partial charge in [-0.15, -0.1) is 0 Å². The van der Waals surface area contributed by atoms with E-state index in [4.69, 9.17) is 32.7 Å². The minimum Gasteiger partial charge on any atom is -0.496 e. The maximum atomic E-state index is 12.4. The minimum absolute atomic E-state index is 0.133. The van der Waals surface area contributed by atoms with Crippen molar-refractivity contribution in [1.29, 1.82) is 0 Å². The van der Waals surface area contributed by atoms with Crippen LogP contribution >= 0.6 is 23.2 Å². The third-order valence-electron chi connectivity index (χ3n) is 7.64. The van der Waals surface area contributed by atoms with Gasteiger partial charge < -0.3 is 20.1 Å². The molecule has 0 saturated carbocycles. The van der Waals surface area contributed by atoms with Gasteiger partial charge in [0.15, 0.2) is 0 Å². The van der Waals surface area contributed by atoms with E-state index >= 15 is 0 Å². The molecule has 2 amide bonds. The molecule has 6 rings (SSSR count). The van der Waals surface area contributed by atoms with Crippen molar-refractivity contribution in [3.8, 4) is 33.8 Å². The molecule has 2 aromatic heterocycles. The summed E-state index contributed by atoms with van der Waals surface area (Å²) in [6.45, 7) is 0.368. The van der Waals surface area contributed by atoms with E-state index in [0.29, 0.717) is 39.3 Å². The zero-order valence-electron chi connectivity index (χ0n) is 27.4. The predicted molar refractivity (Wildman–Crippen MR) is 199 cm³/mol. The van der Waals surface area contributed by atoms with Crippen LogP contribution in [0.5, 0.6) is 11.5 Å². The lowest BCUT2D eigenvalue weighted by Gasteiger charge is -2.12. The van der Waals surface area contributed by atoms with Crippen molar-refractivity contribution in [2.24, 2.45) is 0 Å². The number of aromatic nitrogens is 2. The molecule has 0 atom stereocenters. The molecule has 0 radical (unpaired) electrons. The Morgan fingerprint density at radius 2 is 1.16 bits per heavy atom. The number of rotatable bonds is 10. The fraction of sp³-hybridized carbons (Fsp3) is 0.100. The van der Waals surface area contributed by atoms with E-state index in [0.717, 1.165) is 33.4 Å². The molecular weight excluding hydrogens is 671 g/mol. The second kappa shape index (κ2) is 17.6. The number of methoxy groups -OCH3 is 2. The van der Waals surface area contributed by atoms with Gasteiger partial charge in [-0.2, -0.15) is 0 Å². The maximum absolute atomic E-state index is 12.4. The van der Waals surface area contributed by atoms with Gasteiger partial charge in [0.05, 0.1) is 20.6 Å². The standard InChI is InChI=1S/2C20H17ClN2O2/c1-25-19-12-15(6-7-17(19)14-8-10-22-11-9-14)20(24)23-13-16-4-2-3-5-18(16)21;1-25-19-13-16(6-7-17(19)14-8-10-22-11-9-14)23-20(24)12-15-4-2-3-5-18(15)21/h2-12H,13H2,1H3,(H,23,24);2-11,13H,12H2,1H3,(H,23,24). The van der Waals surface area contributed by atoms with Crippen LogP contribution in [0.4, 0.5) is 5.69 Å². The van der Waals surface area contributed by atoms with Gasteiger partial charge in [-0.1, -0.05) is 59.6 Å². The summed E-state index contributed by atoms with van der Waals surface area (Å²) in [5.74, 6) is 1.00. The molecule has 0 saturated heterocycles. The third-order valence-corrected chi connectivity index (χ3v) is 8.38. The molecule has 6 aromatic rings.